The zero-order chi connectivity index (χ0) is 22.7. The number of amides is 1. The van der Waals surface area contributed by atoms with Crippen molar-refractivity contribution in [3.63, 3.8) is 0 Å². The van der Waals surface area contributed by atoms with Crippen LogP contribution in [-0.2, 0) is 0 Å². The van der Waals surface area contributed by atoms with Crippen LogP contribution in [0.15, 0.2) is 24.7 Å². The molecule has 1 amide bonds. The SMILES string of the molecule is Cc1cc(-c2[nH]c3cc(C(=O)N4CCC[C@H]5NCCC[C@H]54)sc3c2C(C)C)cn2ncnc12. The van der Waals surface area contributed by atoms with E-state index in [9.17, 15) is 4.79 Å². The number of hydrogen-bond acceptors (Lipinski definition) is 5. The van der Waals surface area contributed by atoms with E-state index in [0.29, 0.717) is 18.0 Å². The molecular formula is C25H30N6OS. The van der Waals surface area contributed by atoms with Gasteiger partial charge in [-0.2, -0.15) is 5.10 Å². The number of likely N-dealkylation sites (tertiary alicyclic amines) is 1. The molecule has 2 atom stereocenters. The summed E-state index contributed by atoms with van der Waals surface area (Å²) in [6.45, 7) is 8.45. The van der Waals surface area contributed by atoms with Gasteiger partial charge in [-0.1, -0.05) is 13.8 Å². The topological polar surface area (TPSA) is 78.3 Å². The minimum absolute atomic E-state index is 0.194. The van der Waals surface area contributed by atoms with Crippen molar-refractivity contribution in [3.05, 3.63) is 40.7 Å². The molecule has 4 aromatic heterocycles. The maximum Gasteiger partial charge on any atom is 0.264 e. The summed E-state index contributed by atoms with van der Waals surface area (Å²) < 4.78 is 3.03. The molecular weight excluding hydrogens is 432 g/mol. The summed E-state index contributed by atoms with van der Waals surface area (Å²) >= 11 is 1.64. The molecule has 4 aromatic rings. The molecule has 0 spiro atoms. The molecule has 2 saturated heterocycles. The normalized spacial score (nSPS) is 21.3. The van der Waals surface area contributed by atoms with Gasteiger partial charge in [-0.15, -0.1) is 11.3 Å². The summed E-state index contributed by atoms with van der Waals surface area (Å²) in [5.41, 5.74) is 6.49. The second-order valence-electron chi connectivity index (χ2n) is 9.77. The van der Waals surface area contributed by atoms with Crippen LogP contribution in [0, 0.1) is 6.92 Å². The van der Waals surface area contributed by atoms with Gasteiger partial charge in [0.25, 0.3) is 5.91 Å². The number of pyridine rings is 1. The molecule has 0 bridgehead atoms. The molecule has 0 aliphatic carbocycles. The average Bonchev–Trinajstić information content (AvgIpc) is 3.52. The van der Waals surface area contributed by atoms with E-state index in [1.807, 2.05) is 10.7 Å². The predicted molar refractivity (Wildman–Crippen MR) is 132 cm³/mol. The Bertz CT molecular complexity index is 1350. The first-order chi connectivity index (χ1) is 16.0. The Labute approximate surface area is 197 Å². The van der Waals surface area contributed by atoms with Crippen molar-refractivity contribution < 1.29 is 4.79 Å². The zero-order valence-corrected chi connectivity index (χ0v) is 20.2. The fourth-order valence-corrected chi connectivity index (χ4v) is 7.03. The van der Waals surface area contributed by atoms with Crippen LogP contribution in [0.5, 0.6) is 0 Å². The third-order valence-corrected chi connectivity index (χ3v) is 8.42. The molecule has 0 aromatic carbocycles. The maximum absolute atomic E-state index is 13.6. The molecule has 6 rings (SSSR count). The van der Waals surface area contributed by atoms with Gasteiger partial charge in [0, 0.05) is 30.4 Å². The van der Waals surface area contributed by atoms with Gasteiger partial charge in [0.1, 0.15) is 6.33 Å². The summed E-state index contributed by atoms with van der Waals surface area (Å²) in [6, 6.07) is 5.02. The fourth-order valence-electron chi connectivity index (χ4n) is 5.76. The molecule has 2 aliphatic rings. The number of piperidine rings is 2. The Morgan fingerprint density at radius 1 is 1.24 bits per heavy atom. The van der Waals surface area contributed by atoms with Crippen molar-refractivity contribution in [3.8, 4) is 11.3 Å². The summed E-state index contributed by atoms with van der Waals surface area (Å²) in [6.07, 6.45) is 8.13. The quantitative estimate of drug-likeness (QED) is 0.461. The van der Waals surface area contributed by atoms with Crippen molar-refractivity contribution >= 4 is 33.1 Å². The third kappa shape index (κ3) is 3.38. The molecule has 0 unspecified atom stereocenters. The number of nitrogens with one attached hydrogen (secondary N) is 2. The van der Waals surface area contributed by atoms with Gasteiger partial charge < -0.3 is 15.2 Å². The smallest absolute Gasteiger partial charge is 0.264 e. The van der Waals surface area contributed by atoms with E-state index in [2.05, 4.69) is 58.2 Å². The average molecular weight is 463 g/mol. The van der Waals surface area contributed by atoms with E-state index in [-0.39, 0.29) is 5.91 Å². The Morgan fingerprint density at radius 2 is 2.12 bits per heavy atom. The number of aromatic amines is 1. The summed E-state index contributed by atoms with van der Waals surface area (Å²) in [7, 11) is 0. The van der Waals surface area contributed by atoms with Crippen molar-refractivity contribution in [2.75, 3.05) is 13.1 Å². The molecule has 0 saturated carbocycles. The number of hydrogen-bond donors (Lipinski definition) is 2. The van der Waals surface area contributed by atoms with E-state index < -0.39 is 0 Å². The lowest BCUT2D eigenvalue weighted by Gasteiger charge is -2.44. The third-order valence-electron chi connectivity index (χ3n) is 7.26. The molecule has 0 radical (unpaired) electrons. The largest absolute Gasteiger partial charge is 0.354 e. The first-order valence-corrected chi connectivity index (χ1v) is 12.8. The lowest BCUT2D eigenvalue weighted by atomic mass is 9.89. The number of fused-ring (bicyclic) bond motifs is 3. The number of aryl methyl sites for hydroxylation is 1. The number of carbonyl (C=O) groups excluding carboxylic acids is 1. The van der Waals surface area contributed by atoms with E-state index >= 15 is 0 Å². The zero-order valence-electron chi connectivity index (χ0n) is 19.4. The second kappa shape index (κ2) is 7.95. The van der Waals surface area contributed by atoms with Gasteiger partial charge in [0.15, 0.2) is 5.65 Å². The molecule has 2 fully saturated rings. The fraction of sp³-hybridized carbons (Fsp3) is 0.480. The number of carbonyl (C=O) groups is 1. The Kier molecular flexibility index (Phi) is 5.03. The van der Waals surface area contributed by atoms with Gasteiger partial charge in [-0.25, -0.2) is 9.50 Å². The standard InChI is InChI=1S/C25H30N6OS/c1-14(2)21-22(16-10-15(3)24-27-13-28-31(24)12-16)29-18-11-20(33-23(18)21)25(32)30-9-5-6-17-19(30)7-4-8-26-17/h10-14,17,19,26,29H,4-9H2,1-3H3/t17-,19-/m1/s1. The number of H-pyrrole nitrogens is 1. The number of thiophene rings is 1. The van der Waals surface area contributed by atoms with E-state index in [1.54, 1.807) is 17.7 Å². The van der Waals surface area contributed by atoms with Crippen LogP contribution in [0.4, 0.5) is 0 Å². The van der Waals surface area contributed by atoms with Crippen LogP contribution in [0.1, 0.15) is 66.2 Å². The molecule has 7 nitrogen and oxygen atoms in total. The van der Waals surface area contributed by atoms with Crippen LogP contribution in [0.2, 0.25) is 0 Å². The van der Waals surface area contributed by atoms with Crippen LogP contribution in [-0.4, -0.2) is 55.6 Å². The molecule has 8 heteroatoms. The first-order valence-electron chi connectivity index (χ1n) is 12.0. The minimum atomic E-state index is 0.194. The number of rotatable bonds is 3. The Morgan fingerprint density at radius 3 is 2.97 bits per heavy atom. The van der Waals surface area contributed by atoms with Gasteiger partial charge in [-0.05, 0) is 68.3 Å². The molecule has 33 heavy (non-hydrogen) atoms. The van der Waals surface area contributed by atoms with E-state index in [1.165, 1.54) is 16.7 Å². The summed E-state index contributed by atoms with van der Waals surface area (Å²) in [5.74, 6) is 0.517. The summed E-state index contributed by atoms with van der Waals surface area (Å²) in [5, 5.41) is 7.98. The van der Waals surface area contributed by atoms with Gasteiger partial charge in [0.2, 0.25) is 0 Å². The van der Waals surface area contributed by atoms with Gasteiger partial charge in [-0.3, -0.25) is 4.79 Å². The van der Waals surface area contributed by atoms with E-state index in [0.717, 1.165) is 65.2 Å². The van der Waals surface area contributed by atoms with Crippen LogP contribution < -0.4 is 5.32 Å². The monoisotopic (exact) mass is 462 g/mol. The summed E-state index contributed by atoms with van der Waals surface area (Å²) in [4.78, 5) is 24.6. The Balaban J connectivity index is 1.39. The van der Waals surface area contributed by atoms with Crippen LogP contribution in [0.3, 0.4) is 0 Å². The van der Waals surface area contributed by atoms with Crippen molar-refractivity contribution in [1.82, 2.24) is 29.8 Å². The van der Waals surface area contributed by atoms with E-state index in [4.69, 9.17) is 0 Å². The lowest BCUT2D eigenvalue weighted by molar-refractivity contribution is 0.0489. The van der Waals surface area contributed by atoms with Crippen molar-refractivity contribution in [2.24, 2.45) is 0 Å². The minimum Gasteiger partial charge on any atom is -0.354 e. The van der Waals surface area contributed by atoms with Crippen LogP contribution in [0.25, 0.3) is 27.1 Å². The molecule has 6 heterocycles. The first kappa shape index (κ1) is 20.9. The highest BCUT2D eigenvalue weighted by Crippen LogP contribution is 2.41. The highest BCUT2D eigenvalue weighted by molar-refractivity contribution is 7.21. The molecule has 2 aliphatic heterocycles. The highest BCUT2D eigenvalue weighted by atomic mass is 32.1. The second-order valence-corrected chi connectivity index (χ2v) is 10.8. The maximum atomic E-state index is 13.6. The number of aromatic nitrogens is 4. The molecule has 2 N–H and O–H groups in total. The lowest BCUT2D eigenvalue weighted by Crippen LogP contribution is -2.58. The molecule has 172 valence electrons. The Hall–Kier alpha value is -2.71. The van der Waals surface area contributed by atoms with Gasteiger partial charge >= 0.3 is 0 Å². The number of nitrogens with zero attached hydrogens (tertiary/aromatic N) is 4. The highest BCUT2D eigenvalue weighted by Gasteiger charge is 2.36. The van der Waals surface area contributed by atoms with Crippen LogP contribution >= 0.6 is 11.3 Å². The van der Waals surface area contributed by atoms with Gasteiger partial charge in [0.05, 0.1) is 20.8 Å². The van der Waals surface area contributed by atoms with Crippen molar-refractivity contribution in [2.45, 2.75) is 64.5 Å². The van der Waals surface area contributed by atoms with Crippen molar-refractivity contribution in [1.29, 1.82) is 0 Å². The predicted octanol–water partition coefficient (Wildman–Crippen LogP) is 4.73.